The van der Waals surface area contributed by atoms with Crippen molar-refractivity contribution in [2.24, 2.45) is 0 Å². The standard InChI is InChI=1S/C8H12O4.2C4H9.Sn/c1-3-5(7(9)10)6(4-2)8(11)12;2*1-3-4-2;/h3-4H2,1-2H3,(H,9,10)(H,11,12);2*1,3-4H2,2H3;/q;;;+2/p-2. The molecule has 0 spiro atoms. The van der Waals surface area contributed by atoms with E-state index in [1.807, 2.05) is 0 Å². The SMILES string of the molecule is CCC(C(=O)[O-])=C(CC)C(=O)[O-].CCC[CH2][Sn+2][CH2]CCC. The Kier molecular flexibility index (Phi) is 17.2. The summed E-state index contributed by atoms with van der Waals surface area (Å²) in [5.41, 5.74) is -0.366. The molecule has 0 rings (SSSR count). The molecule has 0 amide bonds. The maximum absolute atomic E-state index is 10.4. The molecule has 5 heteroatoms. The molecule has 0 aliphatic carbocycles. The van der Waals surface area contributed by atoms with Crippen molar-refractivity contribution in [1.29, 1.82) is 0 Å². The molecule has 0 aromatic heterocycles. The van der Waals surface area contributed by atoms with Crippen LogP contribution >= 0.6 is 0 Å². The summed E-state index contributed by atoms with van der Waals surface area (Å²) in [7, 11) is 0. The molecule has 0 aliphatic rings. The van der Waals surface area contributed by atoms with Crippen LogP contribution in [0.3, 0.4) is 0 Å². The third-order valence-electron chi connectivity index (χ3n) is 2.98. The van der Waals surface area contributed by atoms with Crippen molar-refractivity contribution >= 4 is 33.1 Å². The predicted octanol–water partition coefficient (Wildman–Crippen LogP) is 1.73. The minimum atomic E-state index is -1.43. The fourth-order valence-electron chi connectivity index (χ4n) is 1.69. The van der Waals surface area contributed by atoms with Crippen molar-refractivity contribution in [2.75, 3.05) is 0 Å². The van der Waals surface area contributed by atoms with Gasteiger partial charge in [-0.2, -0.15) is 0 Å². The molecule has 0 saturated carbocycles. The van der Waals surface area contributed by atoms with Gasteiger partial charge in [0.15, 0.2) is 0 Å². The molecule has 0 heterocycles. The van der Waals surface area contributed by atoms with Gasteiger partial charge >= 0.3 is 69.5 Å². The molecule has 0 unspecified atom stereocenters. The van der Waals surface area contributed by atoms with Gasteiger partial charge < -0.3 is 19.8 Å². The van der Waals surface area contributed by atoms with Crippen LogP contribution in [0.25, 0.3) is 0 Å². The summed E-state index contributed by atoms with van der Waals surface area (Å²) in [6, 6.07) is 0. The molecule has 0 aromatic rings. The maximum atomic E-state index is 10.4. The molecular weight excluding hydrogens is 375 g/mol. The topological polar surface area (TPSA) is 80.3 Å². The number of hydrogen-bond donors (Lipinski definition) is 0. The van der Waals surface area contributed by atoms with Crippen LogP contribution in [0.4, 0.5) is 0 Å². The molecule has 0 aromatic carbocycles. The number of unbranched alkanes of at least 4 members (excludes halogenated alkanes) is 2. The first-order valence-electron chi connectivity index (χ1n) is 7.81. The third kappa shape index (κ3) is 12.9. The van der Waals surface area contributed by atoms with Gasteiger partial charge in [0.25, 0.3) is 0 Å². The molecule has 0 atom stereocenters. The van der Waals surface area contributed by atoms with E-state index in [0.717, 1.165) is 0 Å². The fourth-order valence-corrected chi connectivity index (χ4v) is 5.85. The Balaban J connectivity index is 0. The molecule has 0 N–H and O–H groups in total. The van der Waals surface area contributed by atoms with Gasteiger partial charge in [-0.3, -0.25) is 0 Å². The van der Waals surface area contributed by atoms with E-state index in [9.17, 15) is 19.8 Å². The van der Waals surface area contributed by atoms with E-state index < -0.39 is 11.9 Å². The monoisotopic (exact) mass is 404 g/mol. The number of carboxylic acids is 2. The fraction of sp³-hybridized carbons (Fsp3) is 0.750. The van der Waals surface area contributed by atoms with Gasteiger partial charge in [-0.1, -0.05) is 13.8 Å². The van der Waals surface area contributed by atoms with Gasteiger partial charge in [0.05, 0.1) is 11.9 Å². The third-order valence-corrected chi connectivity index (χ3v) is 7.01. The number of carboxylic acid groups (broad SMARTS) is 2. The zero-order valence-electron chi connectivity index (χ0n) is 13.8. The Labute approximate surface area is 139 Å². The Morgan fingerprint density at radius 1 is 0.762 bits per heavy atom. The summed E-state index contributed by atoms with van der Waals surface area (Å²) in [5, 5.41) is 20.8. The van der Waals surface area contributed by atoms with Crippen LogP contribution in [0.15, 0.2) is 11.1 Å². The Bertz CT molecular complexity index is 294. The van der Waals surface area contributed by atoms with E-state index in [4.69, 9.17) is 0 Å². The van der Waals surface area contributed by atoms with E-state index >= 15 is 0 Å². The van der Waals surface area contributed by atoms with E-state index in [2.05, 4.69) is 13.8 Å². The Hall–Kier alpha value is -0.521. The van der Waals surface area contributed by atoms with Gasteiger partial charge in [-0.05, 0) is 24.0 Å². The molecule has 0 aliphatic heterocycles. The molecule has 0 radical (unpaired) electrons. The first-order chi connectivity index (χ1) is 9.95. The summed E-state index contributed by atoms with van der Waals surface area (Å²) >= 11 is 0.149. The van der Waals surface area contributed by atoms with Crippen LogP contribution in [0.5, 0.6) is 0 Å². The van der Waals surface area contributed by atoms with Crippen molar-refractivity contribution < 1.29 is 19.8 Å². The summed E-state index contributed by atoms with van der Waals surface area (Å²) < 4.78 is 3.25. The molecule has 0 bridgehead atoms. The molecular formula is C16H28O4Sn. The van der Waals surface area contributed by atoms with Gasteiger partial charge in [-0.15, -0.1) is 0 Å². The Morgan fingerprint density at radius 3 is 1.29 bits per heavy atom. The zero-order valence-corrected chi connectivity index (χ0v) is 16.6. The summed E-state index contributed by atoms with van der Waals surface area (Å²) in [4.78, 5) is 20.8. The second-order valence-corrected chi connectivity index (χ2v) is 8.98. The van der Waals surface area contributed by atoms with Gasteiger partial charge in [0.1, 0.15) is 0 Å². The van der Waals surface area contributed by atoms with E-state index in [1.165, 1.54) is 25.7 Å². The average molecular weight is 403 g/mol. The van der Waals surface area contributed by atoms with E-state index in [1.54, 1.807) is 22.7 Å². The van der Waals surface area contributed by atoms with Crippen molar-refractivity contribution in [3.05, 3.63) is 11.1 Å². The van der Waals surface area contributed by atoms with E-state index in [0.29, 0.717) is 0 Å². The first-order valence-corrected chi connectivity index (χ1v) is 11.8. The molecule has 120 valence electrons. The molecule has 21 heavy (non-hydrogen) atoms. The number of rotatable bonds is 10. The van der Waals surface area contributed by atoms with E-state index in [-0.39, 0.29) is 45.1 Å². The van der Waals surface area contributed by atoms with Crippen molar-refractivity contribution in [2.45, 2.75) is 75.1 Å². The second kappa shape index (κ2) is 15.9. The van der Waals surface area contributed by atoms with Crippen LogP contribution in [0.2, 0.25) is 8.87 Å². The summed E-state index contributed by atoms with van der Waals surface area (Å²) in [6.45, 7) is 7.70. The number of aliphatic carboxylic acids is 2. The summed E-state index contributed by atoms with van der Waals surface area (Å²) in [5.74, 6) is -2.86. The van der Waals surface area contributed by atoms with Crippen molar-refractivity contribution in [3.63, 3.8) is 0 Å². The molecule has 0 fully saturated rings. The predicted molar refractivity (Wildman–Crippen MR) is 82.8 cm³/mol. The minimum absolute atomic E-state index is 0.138. The van der Waals surface area contributed by atoms with Gasteiger partial charge in [-0.25, -0.2) is 0 Å². The average Bonchev–Trinajstić information content (AvgIpc) is 2.44. The molecule has 4 nitrogen and oxygen atoms in total. The van der Waals surface area contributed by atoms with Crippen LogP contribution in [-0.2, 0) is 9.59 Å². The normalized spacial score (nSPS) is 10.9. The van der Waals surface area contributed by atoms with Crippen LogP contribution in [-0.4, -0.2) is 33.1 Å². The van der Waals surface area contributed by atoms with Crippen LogP contribution in [0.1, 0.15) is 66.2 Å². The number of carbonyl (C=O) groups is 2. The van der Waals surface area contributed by atoms with Gasteiger partial charge in [0.2, 0.25) is 0 Å². The Morgan fingerprint density at radius 2 is 1.10 bits per heavy atom. The van der Waals surface area contributed by atoms with Crippen molar-refractivity contribution in [1.82, 2.24) is 0 Å². The molecule has 0 saturated heterocycles. The second-order valence-electron chi connectivity index (χ2n) is 4.70. The van der Waals surface area contributed by atoms with Gasteiger partial charge in [0, 0.05) is 0 Å². The zero-order chi connectivity index (χ0) is 16.7. The number of hydrogen-bond acceptors (Lipinski definition) is 4. The van der Waals surface area contributed by atoms with Crippen molar-refractivity contribution in [3.8, 4) is 0 Å². The quantitative estimate of drug-likeness (QED) is 0.316. The number of carbonyl (C=O) groups excluding carboxylic acids is 2. The van der Waals surface area contributed by atoms with Crippen LogP contribution in [0, 0.1) is 0 Å². The van der Waals surface area contributed by atoms with Crippen LogP contribution < -0.4 is 10.2 Å². The summed E-state index contributed by atoms with van der Waals surface area (Å²) in [6.07, 6.45) is 6.12. The first kappa shape index (κ1) is 22.8.